The van der Waals surface area contributed by atoms with E-state index < -0.39 is 6.04 Å². The molecule has 1 amide bonds. The van der Waals surface area contributed by atoms with E-state index in [1.807, 2.05) is 43.3 Å². The largest absolute Gasteiger partial charge is 0.352 e. The van der Waals surface area contributed by atoms with Crippen LogP contribution in [0.25, 0.3) is 0 Å². The number of likely N-dealkylation sites (tertiary alicyclic amines) is 1. The van der Waals surface area contributed by atoms with Gasteiger partial charge in [0, 0.05) is 25.7 Å². The first-order valence-electron chi connectivity index (χ1n) is 9.10. The number of piperidine rings is 1. The van der Waals surface area contributed by atoms with Gasteiger partial charge < -0.3 is 11.1 Å². The summed E-state index contributed by atoms with van der Waals surface area (Å²) >= 11 is 0. The number of nitrogens with zero attached hydrogens (tertiary/aromatic N) is 1. The van der Waals surface area contributed by atoms with Crippen molar-refractivity contribution in [3.8, 4) is 0 Å². The van der Waals surface area contributed by atoms with Crippen molar-refractivity contribution < 1.29 is 9.18 Å². The van der Waals surface area contributed by atoms with E-state index in [1.54, 1.807) is 0 Å². The SMILES string of the molecule is Cc1ccc(C(N)C(=O)NC2CCN(Cc3ccc(F)cc3)CC2)cc1. The molecule has 1 aliphatic heterocycles. The van der Waals surface area contributed by atoms with E-state index in [-0.39, 0.29) is 17.8 Å². The molecule has 0 bridgehead atoms. The minimum absolute atomic E-state index is 0.120. The molecule has 0 saturated carbocycles. The van der Waals surface area contributed by atoms with E-state index in [2.05, 4.69) is 10.2 Å². The van der Waals surface area contributed by atoms with Gasteiger partial charge in [0.2, 0.25) is 5.91 Å². The fraction of sp³-hybridized carbons (Fsp3) is 0.381. The van der Waals surface area contributed by atoms with E-state index in [1.165, 1.54) is 12.1 Å². The molecule has 2 aromatic carbocycles. The van der Waals surface area contributed by atoms with Crippen LogP contribution in [0.15, 0.2) is 48.5 Å². The smallest absolute Gasteiger partial charge is 0.241 e. The number of rotatable bonds is 5. The molecule has 1 aliphatic rings. The number of nitrogens with two attached hydrogens (primary N) is 1. The van der Waals surface area contributed by atoms with E-state index in [0.717, 1.165) is 49.2 Å². The number of nitrogens with one attached hydrogen (secondary N) is 1. The molecule has 0 aromatic heterocycles. The molecule has 3 N–H and O–H groups in total. The second kappa shape index (κ2) is 8.43. The van der Waals surface area contributed by atoms with Crippen LogP contribution in [-0.2, 0) is 11.3 Å². The summed E-state index contributed by atoms with van der Waals surface area (Å²) in [5, 5.41) is 3.08. The van der Waals surface area contributed by atoms with Gasteiger partial charge in [0.15, 0.2) is 0 Å². The molecule has 1 heterocycles. The fourth-order valence-corrected chi connectivity index (χ4v) is 3.30. The van der Waals surface area contributed by atoms with Gasteiger partial charge in [0.1, 0.15) is 11.9 Å². The zero-order chi connectivity index (χ0) is 18.5. The molecule has 26 heavy (non-hydrogen) atoms. The molecule has 4 nitrogen and oxygen atoms in total. The van der Waals surface area contributed by atoms with Gasteiger partial charge in [-0.2, -0.15) is 0 Å². The lowest BCUT2D eigenvalue weighted by molar-refractivity contribution is -0.123. The topological polar surface area (TPSA) is 58.4 Å². The van der Waals surface area contributed by atoms with Crippen LogP contribution >= 0.6 is 0 Å². The van der Waals surface area contributed by atoms with E-state index in [9.17, 15) is 9.18 Å². The summed E-state index contributed by atoms with van der Waals surface area (Å²) in [4.78, 5) is 14.7. The molecule has 1 unspecified atom stereocenters. The lowest BCUT2D eigenvalue weighted by Crippen LogP contribution is -2.46. The average Bonchev–Trinajstić information content (AvgIpc) is 2.65. The summed E-state index contributed by atoms with van der Waals surface area (Å²) in [5.41, 5.74) is 9.18. The van der Waals surface area contributed by atoms with Crippen LogP contribution in [-0.4, -0.2) is 29.9 Å². The Bertz CT molecular complexity index is 722. The minimum atomic E-state index is -0.632. The maximum atomic E-state index is 13.0. The first kappa shape index (κ1) is 18.5. The normalized spacial score (nSPS) is 17.0. The Hall–Kier alpha value is -2.24. The second-order valence-corrected chi connectivity index (χ2v) is 7.07. The molecular weight excluding hydrogens is 329 g/mol. The summed E-state index contributed by atoms with van der Waals surface area (Å²) in [7, 11) is 0. The van der Waals surface area contributed by atoms with Crippen molar-refractivity contribution >= 4 is 5.91 Å². The molecular formula is C21H26FN3O. The van der Waals surface area contributed by atoms with Crippen molar-refractivity contribution in [2.24, 2.45) is 5.73 Å². The highest BCUT2D eigenvalue weighted by molar-refractivity contribution is 5.83. The zero-order valence-corrected chi connectivity index (χ0v) is 15.1. The van der Waals surface area contributed by atoms with Gasteiger partial charge in [-0.3, -0.25) is 9.69 Å². The Kier molecular flexibility index (Phi) is 6.01. The number of halogens is 1. The second-order valence-electron chi connectivity index (χ2n) is 7.07. The predicted octanol–water partition coefficient (Wildman–Crippen LogP) is 2.91. The van der Waals surface area contributed by atoms with Crippen molar-refractivity contribution in [1.82, 2.24) is 10.2 Å². The van der Waals surface area contributed by atoms with Crippen LogP contribution in [0.5, 0.6) is 0 Å². The van der Waals surface area contributed by atoms with Crippen molar-refractivity contribution in [2.75, 3.05) is 13.1 Å². The summed E-state index contributed by atoms with van der Waals surface area (Å²) in [6.07, 6.45) is 1.79. The number of hydrogen-bond donors (Lipinski definition) is 2. The van der Waals surface area contributed by atoms with Crippen molar-refractivity contribution in [2.45, 2.75) is 38.4 Å². The third kappa shape index (κ3) is 4.90. The molecule has 138 valence electrons. The van der Waals surface area contributed by atoms with Crippen molar-refractivity contribution in [1.29, 1.82) is 0 Å². The van der Waals surface area contributed by atoms with E-state index in [0.29, 0.717) is 0 Å². The number of carbonyl (C=O) groups is 1. The first-order valence-corrected chi connectivity index (χ1v) is 9.10. The Morgan fingerprint density at radius 2 is 1.77 bits per heavy atom. The number of aryl methyl sites for hydroxylation is 1. The molecule has 2 aromatic rings. The number of amides is 1. The summed E-state index contributed by atoms with van der Waals surface area (Å²) < 4.78 is 13.0. The van der Waals surface area contributed by atoms with Crippen molar-refractivity contribution in [3.63, 3.8) is 0 Å². The molecule has 1 atom stereocenters. The third-order valence-electron chi connectivity index (χ3n) is 4.97. The average molecular weight is 355 g/mol. The van der Waals surface area contributed by atoms with Crippen LogP contribution in [0.2, 0.25) is 0 Å². The molecule has 1 fully saturated rings. The molecule has 0 spiro atoms. The van der Waals surface area contributed by atoms with Gasteiger partial charge in [-0.1, -0.05) is 42.0 Å². The molecule has 0 aliphatic carbocycles. The van der Waals surface area contributed by atoms with Gasteiger partial charge >= 0.3 is 0 Å². The quantitative estimate of drug-likeness (QED) is 0.867. The number of benzene rings is 2. The summed E-state index contributed by atoms with van der Waals surface area (Å²) in [6, 6.07) is 13.9. The van der Waals surface area contributed by atoms with Crippen LogP contribution in [0.4, 0.5) is 4.39 Å². The predicted molar refractivity (Wildman–Crippen MR) is 101 cm³/mol. The maximum Gasteiger partial charge on any atom is 0.241 e. The lowest BCUT2D eigenvalue weighted by Gasteiger charge is -2.32. The van der Waals surface area contributed by atoms with Crippen molar-refractivity contribution in [3.05, 3.63) is 71.0 Å². The molecule has 1 saturated heterocycles. The van der Waals surface area contributed by atoms with Gasteiger partial charge in [-0.15, -0.1) is 0 Å². The zero-order valence-electron chi connectivity index (χ0n) is 15.1. The van der Waals surface area contributed by atoms with E-state index in [4.69, 9.17) is 5.73 Å². The highest BCUT2D eigenvalue weighted by Crippen LogP contribution is 2.16. The monoisotopic (exact) mass is 355 g/mol. The van der Waals surface area contributed by atoms with Gasteiger partial charge in [0.05, 0.1) is 0 Å². The van der Waals surface area contributed by atoms with Crippen LogP contribution in [0, 0.1) is 12.7 Å². The van der Waals surface area contributed by atoms with E-state index >= 15 is 0 Å². The summed E-state index contributed by atoms with van der Waals surface area (Å²) in [6.45, 7) is 4.63. The summed E-state index contributed by atoms with van der Waals surface area (Å²) in [5.74, 6) is -0.328. The number of carbonyl (C=O) groups excluding carboxylic acids is 1. The fourth-order valence-electron chi connectivity index (χ4n) is 3.30. The standard InChI is InChI=1S/C21H26FN3O/c1-15-2-6-17(7-3-15)20(23)21(26)24-19-10-12-25(13-11-19)14-16-4-8-18(22)9-5-16/h2-9,19-20H,10-14,23H2,1H3,(H,24,26). The van der Waals surface area contributed by atoms with Gasteiger partial charge in [0.25, 0.3) is 0 Å². The van der Waals surface area contributed by atoms with Gasteiger partial charge in [-0.25, -0.2) is 4.39 Å². The Labute approximate surface area is 154 Å². The Balaban J connectivity index is 1.46. The lowest BCUT2D eigenvalue weighted by atomic mass is 10.0. The molecule has 5 heteroatoms. The molecule has 3 rings (SSSR count). The minimum Gasteiger partial charge on any atom is -0.352 e. The highest BCUT2D eigenvalue weighted by Gasteiger charge is 2.23. The molecule has 0 radical (unpaired) electrons. The third-order valence-corrected chi connectivity index (χ3v) is 4.97. The van der Waals surface area contributed by atoms with Crippen LogP contribution < -0.4 is 11.1 Å². The van der Waals surface area contributed by atoms with Crippen LogP contribution in [0.1, 0.15) is 35.6 Å². The van der Waals surface area contributed by atoms with Gasteiger partial charge in [-0.05, 0) is 43.0 Å². The van der Waals surface area contributed by atoms with Crippen LogP contribution in [0.3, 0.4) is 0 Å². The Morgan fingerprint density at radius 1 is 1.15 bits per heavy atom. The Morgan fingerprint density at radius 3 is 2.38 bits per heavy atom. The maximum absolute atomic E-state index is 13.0. The number of hydrogen-bond acceptors (Lipinski definition) is 3. The first-order chi connectivity index (χ1) is 12.5. The highest BCUT2D eigenvalue weighted by atomic mass is 19.1.